The molecule has 1 aromatic rings. The Bertz CT molecular complexity index is 312. The van der Waals surface area contributed by atoms with E-state index in [0.717, 1.165) is 5.56 Å². The number of hydrogen-bond acceptors (Lipinski definition) is 2. The van der Waals surface area contributed by atoms with Crippen LogP contribution in [0.5, 0.6) is 0 Å². The standard InChI is InChI=1S/C9H11ClN2O/c1-2-13-12-9(11)7-4-3-5-8(10)6-7/h3-6H,2H2,1H3,(H2,11,12). The lowest BCUT2D eigenvalue weighted by Gasteiger charge is -2.00. The molecule has 2 N–H and O–H groups in total. The first-order chi connectivity index (χ1) is 6.24. The third-order valence-corrected chi connectivity index (χ3v) is 1.65. The van der Waals surface area contributed by atoms with Crippen molar-refractivity contribution in [3.05, 3.63) is 34.9 Å². The second-order valence-electron chi connectivity index (χ2n) is 2.40. The van der Waals surface area contributed by atoms with Gasteiger partial charge in [-0.1, -0.05) is 28.9 Å². The zero-order valence-corrected chi connectivity index (χ0v) is 8.08. The Morgan fingerprint density at radius 2 is 2.38 bits per heavy atom. The third-order valence-electron chi connectivity index (χ3n) is 1.41. The van der Waals surface area contributed by atoms with Crippen molar-refractivity contribution in [1.29, 1.82) is 0 Å². The molecule has 0 aromatic heterocycles. The van der Waals surface area contributed by atoms with Crippen molar-refractivity contribution in [3.63, 3.8) is 0 Å². The molecule has 0 aliphatic rings. The number of benzene rings is 1. The van der Waals surface area contributed by atoms with E-state index in [1.54, 1.807) is 12.1 Å². The zero-order valence-electron chi connectivity index (χ0n) is 7.33. The van der Waals surface area contributed by atoms with Crippen LogP contribution >= 0.6 is 11.6 Å². The minimum absolute atomic E-state index is 0.337. The highest BCUT2D eigenvalue weighted by molar-refractivity contribution is 6.31. The van der Waals surface area contributed by atoms with Gasteiger partial charge >= 0.3 is 0 Å². The molecule has 0 aliphatic heterocycles. The predicted molar refractivity (Wildman–Crippen MR) is 53.8 cm³/mol. The molecular formula is C9H11ClN2O. The van der Waals surface area contributed by atoms with Gasteiger partial charge in [0.15, 0.2) is 5.84 Å². The maximum atomic E-state index is 5.77. The molecule has 0 saturated heterocycles. The highest BCUT2D eigenvalue weighted by Crippen LogP contribution is 2.10. The molecule has 0 spiro atoms. The summed E-state index contributed by atoms with van der Waals surface area (Å²) in [6.07, 6.45) is 0. The van der Waals surface area contributed by atoms with Gasteiger partial charge in [-0.05, 0) is 19.1 Å². The molecule has 0 saturated carbocycles. The molecule has 3 nitrogen and oxygen atoms in total. The van der Waals surface area contributed by atoms with Gasteiger partial charge in [-0.15, -0.1) is 0 Å². The molecular weight excluding hydrogens is 188 g/mol. The Morgan fingerprint density at radius 1 is 1.62 bits per heavy atom. The van der Waals surface area contributed by atoms with Gasteiger partial charge in [-0.2, -0.15) is 0 Å². The summed E-state index contributed by atoms with van der Waals surface area (Å²) in [6, 6.07) is 7.15. The van der Waals surface area contributed by atoms with E-state index >= 15 is 0 Å². The van der Waals surface area contributed by atoms with Gasteiger partial charge in [0.05, 0.1) is 0 Å². The van der Waals surface area contributed by atoms with E-state index in [-0.39, 0.29) is 0 Å². The number of halogens is 1. The number of nitrogens with zero attached hydrogens (tertiary/aromatic N) is 1. The lowest BCUT2D eigenvalue weighted by atomic mass is 10.2. The fourth-order valence-electron chi connectivity index (χ4n) is 0.835. The minimum atomic E-state index is 0.337. The van der Waals surface area contributed by atoms with Gasteiger partial charge in [-0.25, -0.2) is 0 Å². The van der Waals surface area contributed by atoms with E-state index in [2.05, 4.69) is 5.16 Å². The fraction of sp³-hybridized carbons (Fsp3) is 0.222. The van der Waals surface area contributed by atoms with E-state index in [1.165, 1.54) is 0 Å². The summed E-state index contributed by atoms with van der Waals surface area (Å²) in [5, 5.41) is 4.32. The first-order valence-electron chi connectivity index (χ1n) is 3.95. The van der Waals surface area contributed by atoms with Crippen LogP contribution in [0, 0.1) is 0 Å². The number of oxime groups is 1. The molecule has 4 heteroatoms. The van der Waals surface area contributed by atoms with Crippen LogP contribution in [0.1, 0.15) is 12.5 Å². The maximum Gasteiger partial charge on any atom is 0.170 e. The van der Waals surface area contributed by atoms with Crippen molar-refractivity contribution in [2.45, 2.75) is 6.92 Å². The van der Waals surface area contributed by atoms with Crippen molar-refractivity contribution in [2.75, 3.05) is 6.61 Å². The van der Waals surface area contributed by atoms with Crippen LogP contribution in [0.4, 0.5) is 0 Å². The number of hydrogen-bond donors (Lipinski definition) is 1. The van der Waals surface area contributed by atoms with Crippen LogP contribution in [-0.2, 0) is 4.84 Å². The Hall–Kier alpha value is -1.22. The van der Waals surface area contributed by atoms with Crippen molar-refractivity contribution < 1.29 is 4.84 Å². The summed E-state index contributed by atoms with van der Waals surface area (Å²) in [4.78, 5) is 4.81. The van der Waals surface area contributed by atoms with Gasteiger partial charge < -0.3 is 10.6 Å². The highest BCUT2D eigenvalue weighted by Gasteiger charge is 1.98. The second-order valence-corrected chi connectivity index (χ2v) is 2.84. The molecule has 0 aliphatic carbocycles. The number of nitrogens with two attached hydrogens (primary N) is 1. The molecule has 0 unspecified atom stereocenters. The molecule has 0 bridgehead atoms. The maximum absolute atomic E-state index is 5.77. The fourth-order valence-corrected chi connectivity index (χ4v) is 1.02. The lowest BCUT2D eigenvalue weighted by Crippen LogP contribution is -2.13. The topological polar surface area (TPSA) is 47.6 Å². The first kappa shape index (κ1) is 9.86. The Labute approximate surface area is 82.1 Å². The quantitative estimate of drug-likeness (QED) is 0.459. The Balaban J connectivity index is 2.82. The van der Waals surface area contributed by atoms with Crippen molar-refractivity contribution in [3.8, 4) is 0 Å². The largest absolute Gasteiger partial charge is 0.394 e. The number of amidine groups is 1. The average molecular weight is 199 g/mol. The van der Waals surface area contributed by atoms with Crippen LogP contribution in [-0.4, -0.2) is 12.4 Å². The lowest BCUT2D eigenvalue weighted by molar-refractivity contribution is 0.158. The smallest absolute Gasteiger partial charge is 0.170 e. The summed E-state index contributed by atoms with van der Waals surface area (Å²) < 4.78 is 0. The average Bonchev–Trinajstić information content (AvgIpc) is 2.14. The SMILES string of the molecule is CCO/N=C(\N)c1cccc(Cl)c1. The van der Waals surface area contributed by atoms with Crippen molar-refractivity contribution in [1.82, 2.24) is 0 Å². The molecule has 0 heterocycles. The Morgan fingerprint density at radius 3 is 3.00 bits per heavy atom. The van der Waals surface area contributed by atoms with Gasteiger partial charge in [0.1, 0.15) is 6.61 Å². The van der Waals surface area contributed by atoms with Crippen molar-refractivity contribution >= 4 is 17.4 Å². The molecule has 0 fully saturated rings. The summed E-state index contributed by atoms with van der Waals surface area (Å²) in [6.45, 7) is 2.34. The van der Waals surface area contributed by atoms with Crippen LogP contribution in [0.2, 0.25) is 5.02 Å². The van der Waals surface area contributed by atoms with Crippen molar-refractivity contribution in [2.24, 2.45) is 10.9 Å². The molecule has 70 valence electrons. The normalized spacial score (nSPS) is 11.4. The third kappa shape index (κ3) is 2.95. The van der Waals surface area contributed by atoms with E-state index < -0.39 is 0 Å². The molecule has 1 rings (SSSR count). The van der Waals surface area contributed by atoms with Gasteiger partial charge in [0, 0.05) is 10.6 Å². The minimum Gasteiger partial charge on any atom is -0.394 e. The van der Waals surface area contributed by atoms with E-state index in [4.69, 9.17) is 22.2 Å². The summed E-state index contributed by atoms with van der Waals surface area (Å²) in [5.41, 5.74) is 6.38. The molecule has 1 aromatic carbocycles. The zero-order chi connectivity index (χ0) is 9.68. The monoisotopic (exact) mass is 198 g/mol. The van der Waals surface area contributed by atoms with E-state index in [1.807, 2.05) is 19.1 Å². The van der Waals surface area contributed by atoms with Crippen LogP contribution in [0.15, 0.2) is 29.4 Å². The molecule has 0 amide bonds. The summed E-state index contributed by atoms with van der Waals surface area (Å²) >= 11 is 5.77. The van der Waals surface area contributed by atoms with Crippen LogP contribution in [0.25, 0.3) is 0 Å². The predicted octanol–water partition coefficient (Wildman–Crippen LogP) is 2.00. The van der Waals surface area contributed by atoms with Crippen LogP contribution in [0.3, 0.4) is 0 Å². The first-order valence-corrected chi connectivity index (χ1v) is 4.33. The van der Waals surface area contributed by atoms with Gasteiger partial charge in [0.2, 0.25) is 0 Å². The summed E-state index contributed by atoms with van der Waals surface area (Å²) in [7, 11) is 0. The second kappa shape index (κ2) is 4.72. The molecule has 0 radical (unpaired) electrons. The van der Waals surface area contributed by atoms with E-state index in [9.17, 15) is 0 Å². The molecule has 13 heavy (non-hydrogen) atoms. The van der Waals surface area contributed by atoms with Gasteiger partial charge in [-0.3, -0.25) is 0 Å². The number of rotatable bonds is 3. The molecule has 0 atom stereocenters. The van der Waals surface area contributed by atoms with Gasteiger partial charge in [0.25, 0.3) is 0 Å². The van der Waals surface area contributed by atoms with E-state index in [0.29, 0.717) is 17.5 Å². The Kier molecular flexibility index (Phi) is 3.58. The summed E-state index contributed by atoms with van der Waals surface area (Å²) in [5.74, 6) is 0.337. The highest BCUT2D eigenvalue weighted by atomic mass is 35.5. The van der Waals surface area contributed by atoms with Crippen LogP contribution < -0.4 is 5.73 Å².